The van der Waals surface area contributed by atoms with Crippen LogP contribution in [0.15, 0.2) is 97.1 Å². The molecule has 0 spiro atoms. The standard InChI is InChI=1S/C26H27NO2/c1-2-29-26(28)25(19-18-22-12-6-3-7-13-22)27(20-23-14-8-4-9-15-23)21-24-16-10-5-11-17-24/h3-19,25H,2,20-21H2,1H3/b19-18-/t25-/m1/s1. The predicted octanol–water partition coefficient (Wildman–Crippen LogP) is 5.33. The van der Waals surface area contributed by atoms with Gasteiger partial charge in [-0.05, 0) is 23.6 Å². The van der Waals surface area contributed by atoms with Crippen molar-refractivity contribution in [2.45, 2.75) is 26.1 Å². The monoisotopic (exact) mass is 385 g/mol. The Morgan fingerprint density at radius 3 is 1.79 bits per heavy atom. The maximum atomic E-state index is 12.9. The first kappa shape index (κ1) is 20.6. The molecule has 29 heavy (non-hydrogen) atoms. The van der Waals surface area contributed by atoms with E-state index in [1.54, 1.807) is 0 Å². The molecule has 3 aromatic carbocycles. The predicted molar refractivity (Wildman–Crippen MR) is 118 cm³/mol. The minimum atomic E-state index is -0.476. The Morgan fingerprint density at radius 2 is 1.31 bits per heavy atom. The molecule has 0 saturated carbocycles. The summed E-state index contributed by atoms with van der Waals surface area (Å²) in [4.78, 5) is 15.0. The summed E-state index contributed by atoms with van der Waals surface area (Å²) in [5.41, 5.74) is 3.37. The quantitative estimate of drug-likeness (QED) is 0.466. The molecule has 0 unspecified atom stereocenters. The number of hydrogen-bond acceptors (Lipinski definition) is 3. The minimum Gasteiger partial charge on any atom is -0.465 e. The van der Waals surface area contributed by atoms with Crippen LogP contribution in [0.4, 0.5) is 0 Å². The molecule has 0 heterocycles. The van der Waals surface area contributed by atoms with Gasteiger partial charge in [0.1, 0.15) is 6.04 Å². The Bertz CT molecular complexity index is 850. The number of esters is 1. The average molecular weight is 386 g/mol. The smallest absolute Gasteiger partial charge is 0.327 e. The van der Waals surface area contributed by atoms with E-state index in [9.17, 15) is 4.79 Å². The zero-order valence-electron chi connectivity index (χ0n) is 16.8. The van der Waals surface area contributed by atoms with Crippen LogP contribution in [0.5, 0.6) is 0 Å². The minimum absolute atomic E-state index is 0.230. The lowest BCUT2D eigenvalue weighted by Gasteiger charge is -2.28. The number of carbonyl (C=O) groups excluding carboxylic acids is 1. The van der Waals surface area contributed by atoms with E-state index in [1.807, 2.05) is 85.8 Å². The van der Waals surface area contributed by atoms with Gasteiger partial charge >= 0.3 is 5.97 Å². The Kier molecular flexibility index (Phi) is 7.79. The van der Waals surface area contributed by atoms with Crippen LogP contribution in [0.1, 0.15) is 23.6 Å². The SMILES string of the molecule is CCOC(=O)[C@@H](/C=C\c1ccccc1)N(Cc1ccccc1)Cc1ccccc1. The molecule has 3 aromatic rings. The van der Waals surface area contributed by atoms with Gasteiger partial charge in [0.05, 0.1) is 6.61 Å². The third-order valence-electron chi connectivity index (χ3n) is 4.65. The lowest BCUT2D eigenvalue weighted by molar-refractivity contribution is -0.148. The fraction of sp³-hybridized carbons (Fsp3) is 0.192. The van der Waals surface area contributed by atoms with E-state index < -0.39 is 6.04 Å². The molecular formula is C26H27NO2. The first-order valence-corrected chi connectivity index (χ1v) is 9.98. The zero-order valence-corrected chi connectivity index (χ0v) is 16.8. The Hall–Kier alpha value is -3.17. The lowest BCUT2D eigenvalue weighted by atomic mass is 10.1. The van der Waals surface area contributed by atoms with E-state index in [-0.39, 0.29) is 5.97 Å². The number of hydrogen-bond donors (Lipinski definition) is 0. The molecule has 0 fully saturated rings. The number of benzene rings is 3. The van der Waals surface area contributed by atoms with Gasteiger partial charge in [-0.25, -0.2) is 0 Å². The highest BCUT2D eigenvalue weighted by Crippen LogP contribution is 2.17. The molecule has 0 saturated heterocycles. The van der Waals surface area contributed by atoms with Crippen LogP contribution in [-0.2, 0) is 22.6 Å². The highest BCUT2D eigenvalue weighted by molar-refractivity contribution is 5.79. The van der Waals surface area contributed by atoms with Crippen molar-refractivity contribution in [3.8, 4) is 0 Å². The van der Waals surface area contributed by atoms with E-state index in [1.165, 1.54) is 0 Å². The van der Waals surface area contributed by atoms with Gasteiger partial charge in [0, 0.05) is 13.1 Å². The van der Waals surface area contributed by atoms with Crippen LogP contribution in [0.25, 0.3) is 6.08 Å². The number of rotatable bonds is 9. The van der Waals surface area contributed by atoms with Crippen molar-refractivity contribution in [2.75, 3.05) is 6.61 Å². The van der Waals surface area contributed by atoms with Gasteiger partial charge in [0.2, 0.25) is 0 Å². The van der Waals surface area contributed by atoms with Crippen molar-refractivity contribution >= 4 is 12.0 Å². The van der Waals surface area contributed by atoms with E-state index in [0.29, 0.717) is 19.7 Å². The molecule has 3 rings (SSSR count). The molecule has 0 bridgehead atoms. The summed E-state index contributed by atoms with van der Waals surface area (Å²) < 4.78 is 5.42. The molecular weight excluding hydrogens is 358 g/mol. The highest BCUT2D eigenvalue weighted by Gasteiger charge is 2.25. The zero-order chi connectivity index (χ0) is 20.3. The van der Waals surface area contributed by atoms with E-state index in [4.69, 9.17) is 4.74 Å². The van der Waals surface area contributed by atoms with Crippen molar-refractivity contribution in [3.05, 3.63) is 114 Å². The molecule has 0 aliphatic heterocycles. The molecule has 0 aliphatic rings. The topological polar surface area (TPSA) is 29.5 Å². The van der Waals surface area contributed by atoms with Crippen molar-refractivity contribution in [3.63, 3.8) is 0 Å². The maximum Gasteiger partial charge on any atom is 0.327 e. The lowest BCUT2D eigenvalue weighted by Crippen LogP contribution is -2.40. The van der Waals surface area contributed by atoms with Gasteiger partial charge in [-0.15, -0.1) is 0 Å². The number of nitrogens with zero attached hydrogens (tertiary/aromatic N) is 1. The summed E-state index contributed by atoms with van der Waals surface area (Å²) >= 11 is 0. The van der Waals surface area contributed by atoms with Crippen molar-refractivity contribution in [2.24, 2.45) is 0 Å². The Morgan fingerprint density at radius 1 is 0.828 bits per heavy atom. The molecule has 3 heteroatoms. The van der Waals surface area contributed by atoms with Gasteiger partial charge < -0.3 is 4.74 Å². The highest BCUT2D eigenvalue weighted by atomic mass is 16.5. The fourth-order valence-electron chi connectivity index (χ4n) is 3.23. The molecule has 0 aliphatic carbocycles. The summed E-state index contributed by atoms with van der Waals surface area (Å²) in [5, 5.41) is 0. The normalized spacial score (nSPS) is 12.2. The van der Waals surface area contributed by atoms with E-state index in [0.717, 1.165) is 16.7 Å². The Labute approximate surface area is 173 Å². The summed E-state index contributed by atoms with van der Waals surface area (Å²) in [7, 11) is 0. The van der Waals surface area contributed by atoms with Gasteiger partial charge in [-0.2, -0.15) is 0 Å². The van der Waals surface area contributed by atoms with E-state index in [2.05, 4.69) is 29.2 Å². The molecule has 0 radical (unpaired) electrons. The third-order valence-corrected chi connectivity index (χ3v) is 4.65. The van der Waals surface area contributed by atoms with Crippen molar-refractivity contribution in [1.82, 2.24) is 4.90 Å². The van der Waals surface area contributed by atoms with E-state index >= 15 is 0 Å². The summed E-state index contributed by atoms with van der Waals surface area (Å²) in [5.74, 6) is -0.230. The van der Waals surface area contributed by atoms with Crippen LogP contribution in [0, 0.1) is 0 Å². The number of carbonyl (C=O) groups is 1. The van der Waals surface area contributed by atoms with Crippen LogP contribution in [0.2, 0.25) is 0 Å². The van der Waals surface area contributed by atoms with Gasteiger partial charge in [0.15, 0.2) is 0 Å². The second-order valence-corrected chi connectivity index (χ2v) is 6.84. The van der Waals surface area contributed by atoms with Gasteiger partial charge in [0.25, 0.3) is 0 Å². The molecule has 0 aromatic heterocycles. The second-order valence-electron chi connectivity index (χ2n) is 6.84. The molecule has 0 N–H and O–H groups in total. The number of ether oxygens (including phenoxy) is 1. The summed E-state index contributed by atoms with van der Waals surface area (Å²) in [6.07, 6.45) is 3.93. The molecule has 148 valence electrons. The van der Waals surface area contributed by atoms with Crippen LogP contribution in [0.3, 0.4) is 0 Å². The van der Waals surface area contributed by atoms with Gasteiger partial charge in [-0.3, -0.25) is 9.69 Å². The van der Waals surface area contributed by atoms with Crippen molar-refractivity contribution in [1.29, 1.82) is 0 Å². The molecule has 1 atom stereocenters. The summed E-state index contributed by atoms with van der Waals surface area (Å²) in [6, 6.07) is 30.0. The second kappa shape index (κ2) is 11.0. The fourth-order valence-corrected chi connectivity index (χ4v) is 3.23. The average Bonchev–Trinajstić information content (AvgIpc) is 2.76. The first-order valence-electron chi connectivity index (χ1n) is 9.98. The first-order chi connectivity index (χ1) is 14.3. The van der Waals surface area contributed by atoms with Crippen LogP contribution >= 0.6 is 0 Å². The molecule has 3 nitrogen and oxygen atoms in total. The third kappa shape index (κ3) is 6.44. The van der Waals surface area contributed by atoms with Crippen molar-refractivity contribution < 1.29 is 9.53 Å². The largest absolute Gasteiger partial charge is 0.465 e. The molecule has 0 amide bonds. The summed E-state index contributed by atoms with van der Waals surface area (Å²) in [6.45, 7) is 3.50. The van der Waals surface area contributed by atoms with Crippen LogP contribution in [-0.4, -0.2) is 23.5 Å². The van der Waals surface area contributed by atoms with Crippen LogP contribution < -0.4 is 0 Å². The maximum absolute atomic E-state index is 12.9. The Balaban J connectivity index is 1.91. The van der Waals surface area contributed by atoms with Gasteiger partial charge in [-0.1, -0.05) is 103 Å².